The summed E-state index contributed by atoms with van der Waals surface area (Å²) in [5.74, 6) is 1.01. The van der Waals surface area contributed by atoms with Crippen LogP contribution in [0.3, 0.4) is 0 Å². The maximum absolute atomic E-state index is 4.55. The van der Waals surface area contributed by atoms with E-state index in [1.165, 1.54) is 19.3 Å². The topological polar surface area (TPSA) is 33.4 Å². The fourth-order valence-corrected chi connectivity index (χ4v) is 2.15. The first kappa shape index (κ1) is 12.4. The lowest BCUT2D eigenvalue weighted by atomic mass is 10.2. The predicted octanol–water partition coefficient (Wildman–Crippen LogP) is 2.73. The number of anilines is 1. The van der Waals surface area contributed by atoms with E-state index in [2.05, 4.69) is 38.0 Å². The summed E-state index contributed by atoms with van der Waals surface area (Å²) >= 11 is 3.45. The molecule has 0 unspecified atom stereocenters. The Morgan fingerprint density at radius 1 is 1.29 bits per heavy atom. The normalized spacial score (nSPS) is 10.9. The predicted molar refractivity (Wildman–Crippen MR) is 73.9 cm³/mol. The van der Waals surface area contributed by atoms with Gasteiger partial charge in [0.1, 0.15) is 5.82 Å². The number of fused-ring (bicyclic) bond motifs is 1. The second kappa shape index (κ2) is 6.00. The zero-order valence-electron chi connectivity index (χ0n) is 10.0. The second-order valence-corrected chi connectivity index (χ2v) is 4.88. The number of alkyl halides is 1. The molecule has 5 heteroatoms. The van der Waals surface area contributed by atoms with Crippen molar-refractivity contribution in [2.75, 3.05) is 23.8 Å². The highest BCUT2D eigenvalue weighted by atomic mass is 79.9. The molecule has 0 spiro atoms. The Hall–Kier alpha value is -1.10. The van der Waals surface area contributed by atoms with Gasteiger partial charge in [0.15, 0.2) is 5.65 Å². The average molecular weight is 297 g/mol. The molecule has 2 rings (SSSR count). The van der Waals surface area contributed by atoms with Crippen molar-refractivity contribution in [3.63, 3.8) is 0 Å². The van der Waals surface area contributed by atoms with Crippen molar-refractivity contribution >= 4 is 27.4 Å². The Balaban J connectivity index is 1.95. The molecule has 0 N–H and O–H groups in total. The van der Waals surface area contributed by atoms with Gasteiger partial charge in [0, 0.05) is 31.2 Å². The standard InChI is InChI=1S/C12H17BrN4/c1-16(9-4-2-3-7-13)11-6-10-17-12(15-11)5-8-14-17/h5-6,8,10H,2-4,7,9H2,1H3. The van der Waals surface area contributed by atoms with Gasteiger partial charge >= 0.3 is 0 Å². The molecular weight excluding hydrogens is 280 g/mol. The van der Waals surface area contributed by atoms with Crippen molar-refractivity contribution in [1.82, 2.24) is 14.6 Å². The maximum Gasteiger partial charge on any atom is 0.157 e. The molecule has 0 aliphatic rings. The lowest BCUT2D eigenvalue weighted by Crippen LogP contribution is -2.19. The number of halogens is 1. The van der Waals surface area contributed by atoms with E-state index in [9.17, 15) is 0 Å². The van der Waals surface area contributed by atoms with Crippen LogP contribution >= 0.6 is 15.9 Å². The van der Waals surface area contributed by atoms with Crippen LogP contribution in [0.15, 0.2) is 24.5 Å². The van der Waals surface area contributed by atoms with Gasteiger partial charge in [0.2, 0.25) is 0 Å². The lowest BCUT2D eigenvalue weighted by Gasteiger charge is -2.17. The van der Waals surface area contributed by atoms with Gasteiger partial charge in [-0.2, -0.15) is 5.10 Å². The number of nitrogens with zero attached hydrogens (tertiary/aromatic N) is 4. The molecule has 2 aromatic heterocycles. The minimum Gasteiger partial charge on any atom is -0.360 e. The quantitative estimate of drug-likeness (QED) is 0.607. The van der Waals surface area contributed by atoms with Crippen LogP contribution in [0.4, 0.5) is 5.82 Å². The van der Waals surface area contributed by atoms with E-state index >= 15 is 0 Å². The van der Waals surface area contributed by atoms with Crippen LogP contribution in [0.5, 0.6) is 0 Å². The highest BCUT2D eigenvalue weighted by Crippen LogP contribution is 2.11. The van der Waals surface area contributed by atoms with Gasteiger partial charge in [-0.1, -0.05) is 22.4 Å². The largest absolute Gasteiger partial charge is 0.360 e. The average Bonchev–Trinajstić information content (AvgIpc) is 2.81. The van der Waals surface area contributed by atoms with Crippen molar-refractivity contribution in [1.29, 1.82) is 0 Å². The minimum absolute atomic E-state index is 0.898. The smallest absolute Gasteiger partial charge is 0.157 e. The molecule has 92 valence electrons. The molecule has 0 saturated heterocycles. The molecule has 0 radical (unpaired) electrons. The van der Waals surface area contributed by atoms with Crippen LogP contribution < -0.4 is 4.90 Å². The fraction of sp³-hybridized carbons (Fsp3) is 0.500. The summed E-state index contributed by atoms with van der Waals surface area (Å²) in [6, 6.07) is 3.92. The first-order valence-corrected chi connectivity index (χ1v) is 7.01. The Labute approximate surface area is 110 Å². The van der Waals surface area contributed by atoms with Crippen LogP contribution in [0, 0.1) is 0 Å². The van der Waals surface area contributed by atoms with Gasteiger partial charge in [-0.25, -0.2) is 9.50 Å². The summed E-state index contributed by atoms with van der Waals surface area (Å²) in [4.78, 5) is 6.75. The van der Waals surface area contributed by atoms with E-state index in [1.807, 2.05) is 18.3 Å². The molecule has 2 heterocycles. The number of aromatic nitrogens is 3. The SMILES string of the molecule is CN(CCCCCBr)c1ccn2nccc2n1. The van der Waals surface area contributed by atoms with E-state index in [0.717, 1.165) is 23.3 Å². The Morgan fingerprint density at radius 2 is 2.18 bits per heavy atom. The Kier molecular flexibility index (Phi) is 4.36. The van der Waals surface area contributed by atoms with Crippen molar-refractivity contribution < 1.29 is 0 Å². The van der Waals surface area contributed by atoms with Crippen LogP contribution in [0.25, 0.3) is 5.65 Å². The van der Waals surface area contributed by atoms with Crippen molar-refractivity contribution in [3.8, 4) is 0 Å². The third-order valence-corrected chi connectivity index (χ3v) is 3.32. The Morgan fingerprint density at radius 3 is 3.00 bits per heavy atom. The number of hydrogen-bond donors (Lipinski definition) is 0. The maximum atomic E-state index is 4.55. The molecule has 2 aromatic rings. The first-order valence-electron chi connectivity index (χ1n) is 5.89. The molecule has 0 amide bonds. The molecule has 0 aliphatic carbocycles. The lowest BCUT2D eigenvalue weighted by molar-refractivity contribution is 0.706. The zero-order chi connectivity index (χ0) is 12.1. The second-order valence-electron chi connectivity index (χ2n) is 4.09. The van der Waals surface area contributed by atoms with Gasteiger partial charge in [0.25, 0.3) is 0 Å². The summed E-state index contributed by atoms with van der Waals surface area (Å²) in [5, 5.41) is 5.23. The molecule has 4 nitrogen and oxygen atoms in total. The number of rotatable bonds is 6. The first-order chi connectivity index (χ1) is 8.31. The number of unbranched alkanes of at least 4 members (excludes halogenated alkanes) is 2. The minimum atomic E-state index is 0.898. The summed E-state index contributed by atoms with van der Waals surface area (Å²) in [6.45, 7) is 1.05. The van der Waals surface area contributed by atoms with E-state index in [4.69, 9.17) is 0 Å². The van der Waals surface area contributed by atoms with Gasteiger partial charge in [0.05, 0.1) is 6.20 Å². The van der Waals surface area contributed by atoms with Gasteiger partial charge in [-0.3, -0.25) is 0 Å². The van der Waals surface area contributed by atoms with Crippen molar-refractivity contribution in [3.05, 3.63) is 24.5 Å². The van der Waals surface area contributed by atoms with Crippen LogP contribution in [0.1, 0.15) is 19.3 Å². The van der Waals surface area contributed by atoms with Crippen molar-refractivity contribution in [2.45, 2.75) is 19.3 Å². The van der Waals surface area contributed by atoms with Gasteiger partial charge in [-0.05, 0) is 18.9 Å². The van der Waals surface area contributed by atoms with Gasteiger partial charge in [-0.15, -0.1) is 0 Å². The molecule has 0 saturated carbocycles. The molecule has 0 atom stereocenters. The summed E-state index contributed by atoms with van der Waals surface area (Å²) in [7, 11) is 2.09. The highest BCUT2D eigenvalue weighted by molar-refractivity contribution is 9.09. The monoisotopic (exact) mass is 296 g/mol. The molecule has 17 heavy (non-hydrogen) atoms. The van der Waals surface area contributed by atoms with Gasteiger partial charge < -0.3 is 4.90 Å². The molecule has 0 aliphatic heterocycles. The van der Waals surface area contributed by atoms with Crippen LogP contribution in [0.2, 0.25) is 0 Å². The van der Waals surface area contributed by atoms with Crippen molar-refractivity contribution in [2.24, 2.45) is 0 Å². The van der Waals surface area contributed by atoms with E-state index in [-0.39, 0.29) is 0 Å². The summed E-state index contributed by atoms with van der Waals surface area (Å²) < 4.78 is 1.78. The van der Waals surface area contributed by atoms with E-state index in [1.54, 1.807) is 10.7 Å². The van der Waals surface area contributed by atoms with E-state index < -0.39 is 0 Å². The Bertz CT molecular complexity index is 468. The summed E-state index contributed by atoms with van der Waals surface area (Å²) in [5.41, 5.74) is 0.898. The molecule has 0 aromatic carbocycles. The van der Waals surface area contributed by atoms with Crippen LogP contribution in [-0.2, 0) is 0 Å². The van der Waals surface area contributed by atoms with E-state index in [0.29, 0.717) is 0 Å². The summed E-state index contributed by atoms with van der Waals surface area (Å²) in [6.07, 6.45) is 7.41. The highest BCUT2D eigenvalue weighted by Gasteiger charge is 2.03. The van der Waals surface area contributed by atoms with Crippen LogP contribution in [-0.4, -0.2) is 33.5 Å². The third-order valence-electron chi connectivity index (χ3n) is 2.76. The third kappa shape index (κ3) is 3.19. The molecular formula is C12H17BrN4. The zero-order valence-corrected chi connectivity index (χ0v) is 11.6. The molecule has 0 bridgehead atoms. The fourth-order valence-electron chi connectivity index (χ4n) is 1.75. The number of hydrogen-bond acceptors (Lipinski definition) is 3. The molecule has 0 fully saturated rings.